The second kappa shape index (κ2) is 56.4. The number of carbonyl (C=O) groups excluding carboxylic acids is 2. The highest BCUT2D eigenvalue weighted by Crippen LogP contribution is 2.18. The summed E-state index contributed by atoms with van der Waals surface area (Å²) in [4.78, 5) is 24.5. The first-order valence-electron chi connectivity index (χ1n) is 30.3. The van der Waals surface area contributed by atoms with Gasteiger partial charge in [-0.3, -0.25) is 9.59 Å². The molecule has 0 aliphatic heterocycles. The van der Waals surface area contributed by atoms with Gasteiger partial charge in [-0.1, -0.05) is 309 Å². The van der Waals surface area contributed by atoms with Gasteiger partial charge in [0.1, 0.15) is 0 Å². The van der Waals surface area contributed by atoms with Gasteiger partial charge >= 0.3 is 5.97 Å². The molecule has 0 spiro atoms. The summed E-state index contributed by atoms with van der Waals surface area (Å²) >= 11 is 0. The number of aliphatic hydroxyl groups excluding tert-OH is 2. The van der Waals surface area contributed by atoms with Crippen LogP contribution in [0.5, 0.6) is 0 Å². The SMILES string of the molecule is CCCCCCCCCCCCCCC(=O)OCCCCCCCCCCCCCCCCCCCCCCCCCCCC(=O)NC(CO)C(O)CCCCCCCCCCCCCC. The number of unbranched alkanes of at least 4 members (excludes halogenated alkanes) is 46. The van der Waals surface area contributed by atoms with Gasteiger partial charge in [-0.2, -0.15) is 0 Å². The molecule has 0 saturated carbocycles. The first kappa shape index (κ1) is 64.9. The molecule has 0 rings (SSSR count). The predicted octanol–water partition coefficient (Wildman–Crippen LogP) is 18.7. The van der Waals surface area contributed by atoms with Gasteiger partial charge in [0.25, 0.3) is 0 Å². The summed E-state index contributed by atoms with van der Waals surface area (Å²) in [5, 5.41) is 23.2. The van der Waals surface area contributed by atoms with Crippen LogP contribution in [-0.4, -0.2) is 47.4 Å². The average molecular weight is 935 g/mol. The van der Waals surface area contributed by atoms with Crippen LogP contribution in [0, 0.1) is 0 Å². The van der Waals surface area contributed by atoms with E-state index < -0.39 is 12.1 Å². The van der Waals surface area contributed by atoms with E-state index in [1.54, 1.807) is 0 Å². The van der Waals surface area contributed by atoms with E-state index in [2.05, 4.69) is 19.2 Å². The summed E-state index contributed by atoms with van der Waals surface area (Å²) in [6, 6.07) is -0.537. The van der Waals surface area contributed by atoms with Crippen LogP contribution >= 0.6 is 0 Å². The van der Waals surface area contributed by atoms with Crippen molar-refractivity contribution in [3.8, 4) is 0 Å². The Balaban J connectivity index is 3.33. The first-order valence-corrected chi connectivity index (χ1v) is 30.3. The Morgan fingerprint density at radius 3 is 0.924 bits per heavy atom. The molecule has 2 unspecified atom stereocenters. The second-order valence-corrected chi connectivity index (χ2v) is 21.1. The molecule has 0 aromatic heterocycles. The third-order valence-electron chi connectivity index (χ3n) is 14.4. The van der Waals surface area contributed by atoms with Crippen LogP contribution in [0.3, 0.4) is 0 Å². The maximum Gasteiger partial charge on any atom is 0.305 e. The number of ether oxygens (including phenoxy) is 1. The third-order valence-corrected chi connectivity index (χ3v) is 14.4. The molecular formula is C60H119NO5. The predicted molar refractivity (Wildman–Crippen MR) is 287 cm³/mol. The molecule has 0 aliphatic carbocycles. The fourth-order valence-electron chi connectivity index (χ4n) is 9.76. The Kier molecular flexibility index (Phi) is 55.5. The van der Waals surface area contributed by atoms with Crippen LogP contribution in [0.15, 0.2) is 0 Å². The van der Waals surface area contributed by atoms with E-state index >= 15 is 0 Å². The maximum absolute atomic E-state index is 12.5. The quantitative estimate of drug-likeness (QED) is 0.0417. The largest absolute Gasteiger partial charge is 0.466 e. The van der Waals surface area contributed by atoms with Crippen molar-refractivity contribution in [1.29, 1.82) is 0 Å². The minimum atomic E-state index is -0.660. The second-order valence-electron chi connectivity index (χ2n) is 21.1. The molecule has 0 radical (unpaired) electrons. The average Bonchev–Trinajstić information content (AvgIpc) is 3.32. The zero-order chi connectivity index (χ0) is 47.9. The van der Waals surface area contributed by atoms with Crippen molar-refractivity contribution in [3.63, 3.8) is 0 Å². The highest BCUT2D eigenvalue weighted by molar-refractivity contribution is 5.76. The Bertz CT molecular complexity index is 944. The minimum Gasteiger partial charge on any atom is -0.466 e. The van der Waals surface area contributed by atoms with Gasteiger partial charge in [0.2, 0.25) is 5.91 Å². The van der Waals surface area contributed by atoms with E-state index in [0.717, 1.165) is 38.5 Å². The van der Waals surface area contributed by atoms with Gasteiger partial charge in [-0.15, -0.1) is 0 Å². The summed E-state index contributed by atoms with van der Waals surface area (Å²) < 4.78 is 5.48. The summed E-state index contributed by atoms with van der Waals surface area (Å²) in [5.41, 5.74) is 0. The van der Waals surface area contributed by atoms with Crippen molar-refractivity contribution in [1.82, 2.24) is 5.32 Å². The van der Waals surface area contributed by atoms with Gasteiger partial charge in [0.15, 0.2) is 0 Å². The normalized spacial score (nSPS) is 12.5. The van der Waals surface area contributed by atoms with Gasteiger partial charge in [0.05, 0.1) is 25.4 Å². The number of hydrogen-bond acceptors (Lipinski definition) is 5. The lowest BCUT2D eigenvalue weighted by Gasteiger charge is -2.22. The molecule has 0 aromatic rings. The number of esters is 1. The van der Waals surface area contributed by atoms with E-state index in [4.69, 9.17) is 4.74 Å². The molecule has 0 fully saturated rings. The van der Waals surface area contributed by atoms with E-state index in [0.29, 0.717) is 25.9 Å². The van der Waals surface area contributed by atoms with Crippen LogP contribution in [0.2, 0.25) is 0 Å². The van der Waals surface area contributed by atoms with Crippen molar-refractivity contribution in [2.45, 2.75) is 360 Å². The standard InChI is InChI=1S/C60H119NO5/c1-3-5-7-9-11-13-15-32-36-40-44-48-52-58(63)57(56-62)61-59(64)53-49-45-41-37-33-30-28-26-24-22-20-18-17-19-21-23-25-27-29-31-35-39-43-47-51-55-66-60(65)54-50-46-42-38-34-16-14-12-10-8-6-4-2/h57-58,62-63H,3-56H2,1-2H3,(H,61,64). The molecule has 0 saturated heterocycles. The van der Waals surface area contributed by atoms with Crippen molar-refractivity contribution < 1.29 is 24.5 Å². The topological polar surface area (TPSA) is 95.9 Å². The first-order chi connectivity index (χ1) is 32.5. The van der Waals surface area contributed by atoms with Crippen molar-refractivity contribution >= 4 is 11.9 Å². The Morgan fingerprint density at radius 1 is 0.364 bits per heavy atom. The molecule has 6 heteroatoms. The van der Waals surface area contributed by atoms with Gasteiger partial charge in [-0.25, -0.2) is 0 Å². The molecule has 2 atom stereocenters. The fourth-order valence-corrected chi connectivity index (χ4v) is 9.76. The van der Waals surface area contributed by atoms with Gasteiger partial charge in [0, 0.05) is 12.8 Å². The van der Waals surface area contributed by atoms with Crippen molar-refractivity contribution in [2.24, 2.45) is 0 Å². The molecule has 0 bridgehead atoms. The van der Waals surface area contributed by atoms with Crippen LogP contribution in [-0.2, 0) is 14.3 Å². The lowest BCUT2D eigenvalue weighted by Crippen LogP contribution is -2.45. The lowest BCUT2D eigenvalue weighted by atomic mass is 10.0. The minimum absolute atomic E-state index is 0.0178. The van der Waals surface area contributed by atoms with Crippen LogP contribution in [0.4, 0.5) is 0 Å². The number of rotatable bonds is 57. The Labute approximate surface area is 413 Å². The Morgan fingerprint density at radius 2 is 0.621 bits per heavy atom. The van der Waals surface area contributed by atoms with Crippen molar-refractivity contribution in [2.75, 3.05) is 13.2 Å². The smallest absolute Gasteiger partial charge is 0.305 e. The number of amides is 1. The fraction of sp³-hybridized carbons (Fsp3) is 0.967. The van der Waals surface area contributed by atoms with E-state index in [1.165, 1.54) is 276 Å². The van der Waals surface area contributed by atoms with Crippen LogP contribution in [0.25, 0.3) is 0 Å². The van der Waals surface area contributed by atoms with Crippen LogP contribution < -0.4 is 5.32 Å². The maximum atomic E-state index is 12.5. The summed E-state index contributed by atoms with van der Waals surface area (Å²) in [6.45, 7) is 4.97. The van der Waals surface area contributed by atoms with Gasteiger partial charge in [-0.05, 0) is 25.7 Å². The van der Waals surface area contributed by atoms with Crippen molar-refractivity contribution in [3.05, 3.63) is 0 Å². The van der Waals surface area contributed by atoms with E-state index in [-0.39, 0.29) is 18.5 Å². The molecule has 394 valence electrons. The molecule has 1 amide bonds. The zero-order valence-corrected chi connectivity index (χ0v) is 45.0. The highest BCUT2D eigenvalue weighted by atomic mass is 16.5. The molecular weight excluding hydrogens is 815 g/mol. The Hall–Kier alpha value is -1.14. The van der Waals surface area contributed by atoms with E-state index in [1.807, 2.05) is 0 Å². The number of aliphatic hydroxyl groups is 2. The highest BCUT2D eigenvalue weighted by Gasteiger charge is 2.20. The number of hydrogen-bond donors (Lipinski definition) is 3. The molecule has 0 aromatic carbocycles. The molecule has 6 nitrogen and oxygen atoms in total. The molecule has 3 N–H and O–H groups in total. The van der Waals surface area contributed by atoms with E-state index in [9.17, 15) is 19.8 Å². The monoisotopic (exact) mass is 934 g/mol. The summed E-state index contributed by atoms with van der Waals surface area (Å²) in [7, 11) is 0. The summed E-state index contributed by atoms with van der Waals surface area (Å²) in [6.07, 6.45) is 65.4. The summed E-state index contributed by atoms with van der Waals surface area (Å²) in [5.74, 6) is -0.0139. The number of nitrogens with one attached hydrogen (secondary N) is 1. The molecule has 0 heterocycles. The number of carbonyl (C=O) groups is 2. The molecule has 0 aliphatic rings. The van der Waals surface area contributed by atoms with Crippen LogP contribution in [0.1, 0.15) is 348 Å². The zero-order valence-electron chi connectivity index (χ0n) is 45.0. The third kappa shape index (κ3) is 52.2. The molecule has 66 heavy (non-hydrogen) atoms. The van der Waals surface area contributed by atoms with Gasteiger partial charge < -0.3 is 20.3 Å². The lowest BCUT2D eigenvalue weighted by molar-refractivity contribution is -0.143.